The summed E-state index contributed by atoms with van der Waals surface area (Å²) in [5, 5.41) is 2.83. The van der Waals surface area contributed by atoms with Crippen molar-refractivity contribution in [2.45, 2.75) is 20.4 Å². The largest absolute Gasteiger partial charge is 0.367 e. The smallest absolute Gasteiger partial charge is 0.227 e. The van der Waals surface area contributed by atoms with E-state index in [1.807, 2.05) is 32.3 Å². The lowest BCUT2D eigenvalue weighted by Gasteiger charge is -2.19. The van der Waals surface area contributed by atoms with Gasteiger partial charge in [0.15, 0.2) is 0 Å². The third kappa shape index (κ3) is 2.77. The highest BCUT2D eigenvalue weighted by Gasteiger charge is 2.25. The van der Waals surface area contributed by atoms with E-state index >= 15 is 0 Å². The van der Waals surface area contributed by atoms with Gasteiger partial charge in [0, 0.05) is 24.8 Å². The van der Waals surface area contributed by atoms with Gasteiger partial charge in [-0.2, -0.15) is 0 Å². The summed E-state index contributed by atoms with van der Waals surface area (Å²) >= 11 is 5.68. The van der Waals surface area contributed by atoms with Crippen LogP contribution < -0.4 is 5.32 Å². The van der Waals surface area contributed by atoms with Gasteiger partial charge < -0.3 is 10.3 Å². The van der Waals surface area contributed by atoms with E-state index in [1.165, 1.54) is 0 Å². The minimum atomic E-state index is -0.502. The molecule has 14 heavy (non-hydrogen) atoms. The lowest BCUT2D eigenvalue weighted by molar-refractivity contribution is -0.128. The molecule has 0 aliphatic carbocycles. The molecule has 0 aliphatic rings. The maximum absolute atomic E-state index is 11.6. The van der Waals surface area contributed by atoms with Crippen LogP contribution in [0.4, 0.5) is 0 Å². The number of aromatic amines is 1. The molecule has 0 spiro atoms. The number of hydrogen-bond donors (Lipinski definition) is 2. The van der Waals surface area contributed by atoms with Crippen molar-refractivity contribution in [2.24, 2.45) is 5.41 Å². The molecular formula is C10H15ClN2O. The normalized spacial score (nSPS) is 11.4. The van der Waals surface area contributed by atoms with Crippen LogP contribution in [0.25, 0.3) is 0 Å². The number of halogens is 1. The maximum atomic E-state index is 11.6. The third-order valence-electron chi connectivity index (χ3n) is 2.06. The highest BCUT2D eigenvalue weighted by atomic mass is 35.5. The topological polar surface area (TPSA) is 44.9 Å². The molecule has 0 unspecified atom stereocenters. The number of nitrogens with one attached hydrogen (secondary N) is 2. The van der Waals surface area contributed by atoms with Gasteiger partial charge in [0.2, 0.25) is 5.91 Å². The second-order valence-electron chi connectivity index (χ2n) is 3.92. The monoisotopic (exact) mass is 214 g/mol. The third-order valence-corrected chi connectivity index (χ3v) is 2.73. The van der Waals surface area contributed by atoms with E-state index in [4.69, 9.17) is 11.6 Å². The molecule has 78 valence electrons. The Morgan fingerprint density at radius 2 is 2.36 bits per heavy atom. The standard InChI is InChI=1S/C10H15ClN2O/c1-10(2,7-11)9(14)13-6-8-3-4-12-5-8/h3-5,12H,6-7H2,1-2H3,(H,13,14). The molecule has 1 rings (SSSR count). The first-order valence-corrected chi connectivity index (χ1v) is 5.05. The molecule has 1 heterocycles. The fourth-order valence-corrected chi connectivity index (χ4v) is 1.07. The number of carbonyl (C=O) groups excluding carboxylic acids is 1. The number of carbonyl (C=O) groups is 1. The first kappa shape index (κ1) is 11.1. The predicted octanol–water partition coefficient (Wildman–Crippen LogP) is 1.90. The van der Waals surface area contributed by atoms with Crippen molar-refractivity contribution in [3.63, 3.8) is 0 Å². The zero-order valence-electron chi connectivity index (χ0n) is 8.43. The quantitative estimate of drug-likeness (QED) is 0.739. The highest BCUT2D eigenvalue weighted by Crippen LogP contribution is 2.16. The second-order valence-corrected chi connectivity index (χ2v) is 4.19. The van der Waals surface area contributed by atoms with E-state index < -0.39 is 5.41 Å². The number of aromatic nitrogens is 1. The van der Waals surface area contributed by atoms with Crippen LogP contribution in [0.2, 0.25) is 0 Å². The van der Waals surface area contributed by atoms with Crippen molar-refractivity contribution >= 4 is 17.5 Å². The van der Waals surface area contributed by atoms with Gasteiger partial charge in [0.05, 0.1) is 5.41 Å². The fourth-order valence-electron chi connectivity index (χ4n) is 0.951. The Morgan fingerprint density at radius 3 is 2.86 bits per heavy atom. The van der Waals surface area contributed by atoms with Crippen LogP contribution >= 0.6 is 11.6 Å². The number of amides is 1. The van der Waals surface area contributed by atoms with Crippen molar-refractivity contribution in [2.75, 3.05) is 5.88 Å². The van der Waals surface area contributed by atoms with Gasteiger partial charge in [0.25, 0.3) is 0 Å². The Kier molecular flexibility index (Phi) is 3.58. The molecule has 3 nitrogen and oxygen atoms in total. The van der Waals surface area contributed by atoms with Crippen LogP contribution in [0.5, 0.6) is 0 Å². The predicted molar refractivity (Wildman–Crippen MR) is 57.1 cm³/mol. The van der Waals surface area contributed by atoms with Crippen LogP contribution in [0.3, 0.4) is 0 Å². The minimum absolute atomic E-state index is 0.0197. The van der Waals surface area contributed by atoms with Crippen molar-refractivity contribution in [1.82, 2.24) is 10.3 Å². The Bertz CT molecular complexity index is 293. The molecule has 0 radical (unpaired) electrons. The van der Waals surface area contributed by atoms with Crippen LogP contribution in [0.1, 0.15) is 19.4 Å². The highest BCUT2D eigenvalue weighted by molar-refractivity contribution is 6.19. The van der Waals surface area contributed by atoms with Gasteiger partial charge >= 0.3 is 0 Å². The van der Waals surface area contributed by atoms with Gasteiger partial charge in [-0.3, -0.25) is 4.79 Å². The summed E-state index contributed by atoms with van der Waals surface area (Å²) in [6, 6.07) is 1.92. The molecule has 4 heteroatoms. The Labute approximate surface area is 88.8 Å². The van der Waals surface area contributed by atoms with E-state index in [2.05, 4.69) is 10.3 Å². The Balaban J connectivity index is 2.43. The molecular weight excluding hydrogens is 200 g/mol. The molecule has 1 aromatic heterocycles. The van der Waals surface area contributed by atoms with Crippen LogP contribution in [-0.4, -0.2) is 16.8 Å². The van der Waals surface area contributed by atoms with E-state index in [0.717, 1.165) is 5.56 Å². The lowest BCUT2D eigenvalue weighted by atomic mass is 9.95. The molecule has 0 aromatic carbocycles. The summed E-state index contributed by atoms with van der Waals surface area (Å²) in [6.45, 7) is 4.20. The summed E-state index contributed by atoms with van der Waals surface area (Å²) in [6.07, 6.45) is 3.68. The van der Waals surface area contributed by atoms with E-state index in [-0.39, 0.29) is 5.91 Å². The van der Waals surface area contributed by atoms with Crippen LogP contribution in [-0.2, 0) is 11.3 Å². The summed E-state index contributed by atoms with van der Waals surface area (Å²) in [4.78, 5) is 14.5. The van der Waals surface area contributed by atoms with Crippen LogP contribution in [0, 0.1) is 5.41 Å². The van der Waals surface area contributed by atoms with Gasteiger partial charge in [0.1, 0.15) is 0 Å². The summed E-state index contributed by atoms with van der Waals surface area (Å²) in [5.74, 6) is 0.306. The Morgan fingerprint density at radius 1 is 1.64 bits per heavy atom. The number of rotatable bonds is 4. The Hall–Kier alpha value is -0.960. The minimum Gasteiger partial charge on any atom is -0.367 e. The summed E-state index contributed by atoms with van der Waals surface area (Å²) in [5.41, 5.74) is 0.557. The molecule has 0 fully saturated rings. The fraction of sp³-hybridized carbons (Fsp3) is 0.500. The molecule has 2 N–H and O–H groups in total. The van der Waals surface area contributed by atoms with Crippen LogP contribution in [0.15, 0.2) is 18.5 Å². The molecule has 0 saturated carbocycles. The van der Waals surface area contributed by atoms with E-state index in [1.54, 1.807) is 0 Å². The average molecular weight is 215 g/mol. The van der Waals surface area contributed by atoms with Gasteiger partial charge in [-0.25, -0.2) is 0 Å². The van der Waals surface area contributed by atoms with Crippen molar-refractivity contribution in [1.29, 1.82) is 0 Å². The summed E-state index contributed by atoms with van der Waals surface area (Å²) < 4.78 is 0. The molecule has 1 amide bonds. The SMILES string of the molecule is CC(C)(CCl)C(=O)NCc1cc[nH]c1. The summed E-state index contributed by atoms with van der Waals surface area (Å²) in [7, 11) is 0. The molecule has 0 aliphatic heterocycles. The molecule has 0 atom stereocenters. The number of H-pyrrole nitrogens is 1. The lowest BCUT2D eigenvalue weighted by Crippen LogP contribution is -2.37. The van der Waals surface area contributed by atoms with Crippen molar-refractivity contribution < 1.29 is 4.79 Å². The van der Waals surface area contributed by atoms with E-state index in [9.17, 15) is 4.79 Å². The first-order valence-electron chi connectivity index (χ1n) is 4.52. The molecule has 1 aromatic rings. The second kappa shape index (κ2) is 4.51. The molecule has 0 bridgehead atoms. The van der Waals surface area contributed by atoms with Crippen molar-refractivity contribution in [3.05, 3.63) is 24.0 Å². The van der Waals surface area contributed by atoms with Gasteiger partial charge in [-0.1, -0.05) is 0 Å². The number of hydrogen-bond acceptors (Lipinski definition) is 1. The molecule has 0 saturated heterocycles. The first-order chi connectivity index (χ1) is 6.56. The maximum Gasteiger partial charge on any atom is 0.227 e. The zero-order valence-corrected chi connectivity index (χ0v) is 9.19. The average Bonchev–Trinajstić information content (AvgIpc) is 2.66. The van der Waals surface area contributed by atoms with Crippen molar-refractivity contribution in [3.8, 4) is 0 Å². The van der Waals surface area contributed by atoms with Gasteiger partial charge in [-0.05, 0) is 25.5 Å². The number of alkyl halides is 1. The zero-order chi connectivity index (χ0) is 10.6. The van der Waals surface area contributed by atoms with E-state index in [0.29, 0.717) is 12.4 Å². The van der Waals surface area contributed by atoms with Gasteiger partial charge in [-0.15, -0.1) is 11.6 Å².